The lowest BCUT2D eigenvalue weighted by molar-refractivity contribution is 0.0689. The molecule has 0 unspecified atom stereocenters. The Morgan fingerprint density at radius 2 is 1.60 bits per heavy atom. The van der Waals surface area contributed by atoms with Gasteiger partial charge in [0.25, 0.3) is 0 Å². The van der Waals surface area contributed by atoms with Crippen molar-refractivity contribution in [2.75, 3.05) is 14.2 Å². The normalized spacial score (nSPS) is 9.87. The zero-order valence-corrected chi connectivity index (χ0v) is 9.52. The van der Waals surface area contributed by atoms with Crippen LogP contribution in [0.25, 0.3) is 0 Å². The smallest absolute Gasteiger partial charge is 0.343 e. The molecule has 82 valence electrons. The van der Waals surface area contributed by atoms with Crippen molar-refractivity contribution in [3.63, 3.8) is 0 Å². The second-order valence-corrected chi connectivity index (χ2v) is 3.40. The van der Waals surface area contributed by atoms with E-state index in [4.69, 9.17) is 37.8 Å². The number of halogens is 2. The molecule has 0 amide bonds. The molecule has 0 saturated heterocycles. The van der Waals surface area contributed by atoms with Crippen LogP contribution in [0.15, 0.2) is 6.07 Å². The molecule has 0 aliphatic rings. The molecule has 0 spiro atoms. The number of aromatic carboxylic acids is 1. The van der Waals surface area contributed by atoms with Crippen molar-refractivity contribution in [2.45, 2.75) is 0 Å². The van der Waals surface area contributed by atoms with Crippen LogP contribution < -0.4 is 9.47 Å². The first kappa shape index (κ1) is 11.9. The van der Waals surface area contributed by atoms with Gasteiger partial charge in [-0.1, -0.05) is 23.2 Å². The summed E-state index contributed by atoms with van der Waals surface area (Å²) in [6.07, 6.45) is 0. The van der Waals surface area contributed by atoms with Crippen LogP contribution in [0, 0.1) is 0 Å². The van der Waals surface area contributed by atoms with Gasteiger partial charge in [-0.3, -0.25) is 0 Å². The number of carboxylic acid groups (broad SMARTS) is 1. The third-order valence-electron chi connectivity index (χ3n) is 1.76. The van der Waals surface area contributed by atoms with Gasteiger partial charge in [0.05, 0.1) is 24.3 Å². The summed E-state index contributed by atoms with van der Waals surface area (Å²) in [7, 11) is 2.64. The summed E-state index contributed by atoms with van der Waals surface area (Å²) in [5.41, 5.74) is -0.183. The lowest BCUT2D eigenvalue weighted by atomic mass is 10.1. The molecule has 1 N–H and O–H groups in total. The van der Waals surface area contributed by atoms with E-state index in [0.29, 0.717) is 0 Å². The van der Waals surface area contributed by atoms with Crippen molar-refractivity contribution < 1.29 is 19.4 Å². The summed E-state index contributed by atoms with van der Waals surface area (Å²) < 4.78 is 9.77. The van der Waals surface area contributed by atoms with Gasteiger partial charge in [0.1, 0.15) is 5.56 Å². The van der Waals surface area contributed by atoms with E-state index in [-0.39, 0.29) is 27.1 Å². The van der Waals surface area contributed by atoms with Gasteiger partial charge >= 0.3 is 5.97 Å². The average molecular weight is 251 g/mol. The fourth-order valence-electron chi connectivity index (χ4n) is 1.18. The Bertz CT molecular complexity index is 375. The van der Waals surface area contributed by atoms with Gasteiger partial charge in [-0.2, -0.15) is 0 Å². The zero-order valence-electron chi connectivity index (χ0n) is 8.01. The molecule has 0 saturated carbocycles. The highest BCUT2D eigenvalue weighted by molar-refractivity contribution is 6.37. The first-order valence-corrected chi connectivity index (χ1v) is 4.61. The molecular formula is C9H8Cl2O4. The number of hydrogen-bond acceptors (Lipinski definition) is 3. The first-order chi connectivity index (χ1) is 7.02. The van der Waals surface area contributed by atoms with E-state index >= 15 is 0 Å². The van der Waals surface area contributed by atoms with E-state index in [1.807, 2.05) is 0 Å². The predicted molar refractivity (Wildman–Crippen MR) is 56.5 cm³/mol. The van der Waals surface area contributed by atoms with Crippen LogP contribution >= 0.6 is 23.2 Å². The van der Waals surface area contributed by atoms with Gasteiger partial charge in [-0.25, -0.2) is 4.79 Å². The zero-order chi connectivity index (χ0) is 11.6. The standard InChI is InChI=1S/C9H8Cl2O4/c1-14-7-4(10)3-5(11)8(15-2)6(7)9(12)13/h3H,1-2H3,(H,12,13). The summed E-state index contributed by atoms with van der Waals surface area (Å²) in [4.78, 5) is 11.0. The Balaban J connectivity index is 3.58. The summed E-state index contributed by atoms with van der Waals surface area (Å²) >= 11 is 11.6. The lowest BCUT2D eigenvalue weighted by Crippen LogP contribution is -2.04. The number of carbonyl (C=O) groups is 1. The highest BCUT2D eigenvalue weighted by Gasteiger charge is 2.23. The van der Waals surface area contributed by atoms with E-state index in [0.717, 1.165) is 0 Å². The maximum atomic E-state index is 11.0. The second kappa shape index (κ2) is 4.59. The number of benzene rings is 1. The van der Waals surface area contributed by atoms with Gasteiger partial charge in [0.15, 0.2) is 11.5 Å². The first-order valence-electron chi connectivity index (χ1n) is 3.86. The van der Waals surface area contributed by atoms with Gasteiger partial charge < -0.3 is 14.6 Å². The van der Waals surface area contributed by atoms with Crippen molar-refractivity contribution in [1.29, 1.82) is 0 Å². The molecular weight excluding hydrogens is 243 g/mol. The summed E-state index contributed by atoms with van der Waals surface area (Å²) in [5, 5.41) is 9.23. The Labute approximate surface area is 96.3 Å². The monoisotopic (exact) mass is 250 g/mol. The summed E-state index contributed by atoms with van der Waals surface area (Å²) in [5.74, 6) is -1.15. The van der Waals surface area contributed by atoms with Crippen molar-refractivity contribution >= 4 is 29.2 Å². The Hall–Kier alpha value is -1.13. The molecule has 1 rings (SSSR count). The number of carboxylic acids is 1. The SMILES string of the molecule is COc1c(Cl)cc(Cl)c(OC)c1C(=O)O. The van der Waals surface area contributed by atoms with Gasteiger partial charge in [-0.15, -0.1) is 0 Å². The molecule has 0 heterocycles. The van der Waals surface area contributed by atoms with Crippen LogP contribution in [0.1, 0.15) is 10.4 Å². The minimum atomic E-state index is -1.21. The number of rotatable bonds is 3. The topological polar surface area (TPSA) is 55.8 Å². The van der Waals surface area contributed by atoms with Gasteiger partial charge in [0.2, 0.25) is 0 Å². The second-order valence-electron chi connectivity index (χ2n) is 2.59. The maximum absolute atomic E-state index is 11.0. The molecule has 0 bridgehead atoms. The molecule has 1 aromatic rings. The molecule has 0 atom stereocenters. The third kappa shape index (κ3) is 2.11. The maximum Gasteiger partial charge on any atom is 0.343 e. The van der Waals surface area contributed by atoms with Crippen LogP contribution in [-0.4, -0.2) is 25.3 Å². The molecule has 0 aromatic heterocycles. The number of hydrogen-bond donors (Lipinski definition) is 1. The Morgan fingerprint density at radius 1 is 1.20 bits per heavy atom. The molecule has 0 aliphatic heterocycles. The lowest BCUT2D eigenvalue weighted by Gasteiger charge is -2.12. The molecule has 4 nitrogen and oxygen atoms in total. The molecule has 6 heteroatoms. The molecule has 0 aliphatic carbocycles. The fourth-order valence-corrected chi connectivity index (χ4v) is 1.80. The third-order valence-corrected chi connectivity index (χ3v) is 2.33. The van der Waals surface area contributed by atoms with E-state index in [1.54, 1.807) is 0 Å². The minimum Gasteiger partial charge on any atom is -0.494 e. The van der Waals surface area contributed by atoms with E-state index in [2.05, 4.69) is 0 Å². The minimum absolute atomic E-state index is 0.0328. The van der Waals surface area contributed by atoms with Crippen molar-refractivity contribution in [3.8, 4) is 11.5 Å². The quantitative estimate of drug-likeness (QED) is 0.897. The van der Waals surface area contributed by atoms with E-state index in [1.165, 1.54) is 20.3 Å². The van der Waals surface area contributed by atoms with Crippen molar-refractivity contribution in [1.82, 2.24) is 0 Å². The van der Waals surface area contributed by atoms with Crippen LogP contribution in [0.3, 0.4) is 0 Å². The van der Waals surface area contributed by atoms with E-state index in [9.17, 15) is 4.79 Å². The van der Waals surface area contributed by atoms with Crippen molar-refractivity contribution in [2.24, 2.45) is 0 Å². The van der Waals surface area contributed by atoms with Crippen LogP contribution in [-0.2, 0) is 0 Å². The molecule has 0 fully saturated rings. The highest BCUT2D eigenvalue weighted by Crippen LogP contribution is 2.40. The Kier molecular flexibility index (Phi) is 3.66. The van der Waals surface area contributed by atoms with Crippen LogP contribution in [0.2, 0.25) is 10.0 Å². The highest BCUT2D eigenvalue weighted by atomic mass is 35.5. The van der Waals surface area contributed by atoms with E-state index < -0.39 is 5.97 Å². The predicted octanol–water partition coefficient (Wildman–Crippen LogP) is 2.71. The van der Waals surface area contributed by atoms with Crippen molar-refractivity contribution in [3.05, 3.63) is 21.7 Å². The fraction of sp³-hybridized carbons (Fsp3) is 0.222. The molecule has 0 radical (unpaired) electrons. The average Bonchev–Trinajstić information content (AvgIpc) is 2.16. The largest absolute Gasteiger partial charge is 0.494 e. The number of methoxy groups -OCH3 is 2. The molecule has 15 heavy (non-hydrogen) atoms. The van der Waals surface area contributed by atoms with Crippen LogP contribution in [0.4, 0.5) is 0 Å². The van der Waals surface area contributed by atoms with Gasteiger partial charge in [0, 0.05) is 0 Å². The number of ether oxygens (including phenoxy) is 2. The van der Waals surface area contributed by atoms with Crippen LogP contribution in [0.5, 0.6) is 11.5 Å². The Morgan fingerprint density at radius 3 is 1.87 bits per heavy atom. The summed E-state index contributed by atoms with van der Waals surface area (Å²) in [6.45, 7) is 0. The van der Waals surface area contributed by atoms with Gasteiger partial charge in [-0.05, 0) is 6.07 Å². The molecule has 1 aromatic carbocycles. The summed E-state index contributed by atoms with van der Waals surface area (Å²) in [6, 6.07) is 1.37.